The lowest BCUT2D eigenvalue weighted by Crippen LogP contribution is -2.08. The molecule has 0 saturated carbocycles. The Labute approximate surface area is 122 Å². The fourth-order valence-electron chi connectivity index (χ4n) is 1.81. The van der Waals surface area contributed by atoms with Gasteiger partial charge in [0.15, 0.2) is 11.5 Å². The van der Waals surface area contributed by atoms with Crippen molar-refractivity contribution >= 4 is 12.0 Å². The van der Waals surface area contributed by atoms with E-state index in [-0.39, 0.29) is 0 Å². The molecule has 0 radical (unpaired) electrons. The number of hydrogen-bond donors (Lipinski definition) is 1. The monoisotopic (exact) mass is 288 g/mol. The largest absolute Gasteiger partial charge is 0.493 e. The molecule has 1 aromatic carbocycles. The first kappa shape index (κ1) is 14.6. The molecule has 0 atom stereocenters. The van der Waals surface area contributed by atoms with Crippen molar-refractivity contribution in [1.82, 2.24) is 9.55 Å². The second-order valence-corrected chi connectivity index (χ2v) is 4.20. The molecule has 110 valence electrons. The van der Waals surface area contributed by atoms with Crippen LogP contribution in [0.2, 0.25) is 0 Å². The van der Waals surface area contributed by atoms with Gasteiger partial charge in [0.05, 0.1) is 20.0 Å². The molecule has 0 fully saturated rings. The zero-order valence-corrected chi connectivity index (χ0v) is 11.6. The molecule has 1 N–H and O–H groups in total. The second kappa shape index (κ2) is 7.14. The standard InChI is InChI=1S/C15H16N2O4/c1-20-13-4-2-3-12(5-6-14(18)19)15(13)21-10-9-17-8-7-16-11-17/h2-8,11H,9-10H2,1H3,(H,18,19)/b6-5+. The van der Waals surface area contributed by atoms with Gasteiger partial charge >= 0.3 is 5.97 Å². The molecule has 6 nitrogen and oxygen atoms in total. The van der Waals surface area contributed by atoms with E-state index in [1.807, 2.05) is 10.8 Å². The van der Waals surface area contributed by atoms with Crippen LogP contribution in [0.1, 0.15) is 5.56 Å². The van der Waals surface area contributed by atoms with E-state index in [4.69, 9.17) is 14.6 Å². The molecule has 21 heavy (non-hydrogen) atoms. The molecule has 0 spiro atoms. The third-order valence-corrected chi connectivity index (χ3v) is 2.79. The molecule has 2 aromatic rings. The molecule has 1 aromatic heterocycles. The molecule has 1 heterocycles. The number of para-hydroxylation sites is 1. The number of carboxylic acids is 1. The molecule has 0 bridgehead atoms. The molecule has 0 aliphatic heterocycles. The van der Waals surface area contributed by atoms with Gasteiger partial charge in [-0.2, -0.15) is 0 Å². The normalized spacial score (nSPS) is 10.7. The molecular formula is C15H16N2O4. The Balaban J connectivity index is 2.12. The van der Waals surface area contributed by atoms with Crippen LogP contribution in [0.3, 0.4) is 0 Å². The number of ether oxygens (including phenoxy) is 2. The predicted molar refractivity (Wildman–Crippen MR) is 77.4 cm³/mol. The summed E-state index contributed by atoms with van der Waals surface area (Å²) in [6.45, 7) is 1.06. The number of aromatic nitrogens is 2. The van der Waals surface area contributed by atoms with Gasteiger partial charge in [-0.25, -0.2) is 9.78 Å². The molecule has 0 unspecified atom stereocenters. The Kier molecular flexibility index (Phi) is 4.98. The molecule has 6 heteroatoms. The summed E-state index contributed by atoms with van der Waals surface area (Å²) in [5, 5.41) is 8.72. The van der Waals surface area contributed by atoms with E-state index in [1.165, 1.54) is 6.08 Å². The number of imidazole rings is 1. The highest BCUT2D eigenvalue weighted by molar-refractivity contribution is 5.86. The van der Waals surface area contributed by atoms with Crippen molar-refractivity contribution in [2.45, 2.75) is 6.54 Å². The second-order valence-electron chi connectivity index (χ2n) is 4.20. The quantitative estimate of drug-likeness (QED) is 0.789. The highest BCUT2D eigenvalue weighted by Crippen LogP contribution is 2.32. The zero-order valence-electron chi connectivity index (χ0n) is 11.6. The highest BCUT2D eigenvalue weighted by atomic mass is 16.5. The molecule has 0 aliphatic carbocycles. The molecule has 0 amide bonds. The minimum absolute atomic E-state index is 0.421. The van der Waals surface area contributed by atoms with Gasteiger partial charge in [0.1, 0.15) is 6.61 Å². The summed E-state index contributed by atoms with van der Waals surface area (Å²) >= 11 is 0. The fraction of sp³-hybridized carbons (Fsp3) is 0.200. The summed E-state index contributed by atoms with van der Waals surface area (Å²) in [5.41, 5.74) is 0.655. The third-order valence-electron chi connectivity index (χ3n) is 2.79. The minimum atomic E-state index is -1.01. The lowest BCUT2D eigenvalue weighted by molar-refractivity contribution is -0.131. The van der Waals surface area contributed by atoms with Crippen LogP contribution in [0.4, 0.5) is 0 Å². The number of hydrogen-bond acceptors (Lipinski definition) is 4. The Hall–Kier alpha value is -2.76. The Bertz CT molecular complexity index is 621. The predicted octanol–water partition coefficient (Wildman–Crippen LogP) is 2.07. The summed E-state index contributed by atoms with van der Waals surface area (Å²) in [6.07, 6.45) is 7.80. The number of nitrogens with zero attached hydrogens (tertiary/aromatic N) is 2. The Morgan fingerprint density at radius 3 is 3.00 bits per heavy atom. The number of aliphatic carboxylic acids is 1. The van der Waals surface area contributed by atoms with Crippen molar-refractivity contribution in [2.24, 2.45) is 0 Å². The maximum Gasteiger partial charge on any atom is 0.328 e. The first-order chi connectivity index (χ1) is 10.2. The van der Waals surface area contributed by atoms with Gasteiger partial charge in [-0.15, -0.1) is 0 Å². The number of benzene rings is 1. The van der Waals surface area contributed by atoms with E-state index in [9.17, 15) is 4.79 Å². The van der Waals surface area contributed by atoms with Gasteiger partial charge in [0.25, 0.3) is 0 Å². The van der Waals surface area contributed by atoms with Crippen LogP contribution in [-0.2, 0) is 11.3 Å². The van der Waals surface area contributed by atoms with Gasteiger partial charge in [0.2, 0.25) is 0 Å². The molecule has 0 aliphatic rings. The average molecular weight is 288 g/mol. The third kappa shape index (κ3) is 4.10. The topological polar surface area (TPSA) is 73.6 Å². The summed E-state index contributed by atoms with van der Waals surface area (Å²) in [6, 6.07) is 5.32. The van der Waals surface area contributed by atoms with Gasteiger partial charge in [-0.1, -0.05) is 12.1 Å². The van der Waals surface area contributed by atoms with Crippen molar-refractivity contribution in [1.29, 1.82) is 0 Å². The van der Waals surface area contributed by atoms with E-state index < -0.39 is 5.97 Å². The van der Waals surface area contributed by atoms with Gasteiger partial charge in [0, 0.05) is 24.0 Å². The van der Waals surface area contributed by atoms with Crippen molar-refractivity contribution < 1.29 is 19.4 Å². The first-order valence-corrected chi connectivity index (χ1v) is 6.37. The smallest absolute Gasteiger partial charge is 0.328 e. The van der Waals surface area contributed by atoms with Crippen LogP contribution in [-0.4, -0.2) is 34.3 Å². The summed E-state index contributed by atoms with van der Waals surface area (Å²) in [5.74, 6) is 0.0768. The van der Waals surface area contributed by atoms with Crippen LogP contribution in [0.5, 0.6) is 11.5 Å². The van der Waals surface area contributed by atoms with Crippen LogP contribution in [0.15, 0.2) is 43.0 Å². The summed E-state index contributed by atoms with van der Waals surface area (Å²) in [7, 11) is 1.54. The fourth-order valence-corrected chi connectivity index (χ4v) is 1.81. The van der Waals surface area contributed by atoms with E-state index in [1.54, 1.807) is 37.8 Å². The van der Waals surface area contributed by atoms with E-state index >= 15 is 0 Å². The Morgan fingerprint density at radius 1 is 1.48 bits per heavy atom. The first-order valence-electron chi connectivity index (χ1n) is 6.37. The molecule has 2 rings (SSSR count). The van der Waals surface area contributed by atoms with E-state index in [2.05, 4.69) is 4.98 Å². The van der Waals surface area contributed by atoms with Crippen molar-refractivity contribution in [3.8, 4) is 11.5 Å². The number of methoxy groups -OCH3 is 1. The van der Waals surface area contributed by atoms with Crippen molar-refractivity contribution in [2.75, 3.05) is 13.7 Å². The molecule has 0 saturated heterocycles. The van der Waals surface area contributed by atoms with Gasteiger partial charge in [-0.05, 0) is 12.1 Å². The number of carboxylic acid groups (broad SMARTS) is 1. The average Bonchev–Trinajstić information content (AvgIpc) is 2.99. The lowest BCUT2D eigenvalue weighted by atomic mass is 10.1. The lowest BCUT2D eigenvalue weighted by Gasteiger charge is -2.13. The maximum atomic E-state index is 10.6. The minimum Gasteiger partial charge on any atom is -0.493 e. The summed E-state index contributed by atoms with van der Waals surface area (Å²) < 4.78 is 12.9. The van der Waals surface area contributed by atoms with Gasteiger partial charge < -0.3 is 19.1 Å². The van der Waals surface area contributed by atoms with Crippen LogP contribution >= 0.6 is 0 Å². The van der Waals surface area contributed by atoms with Crippen molar-refractivity contribution in [3.63, 3.8) is 0 Å². The number of carbonyl (C=O) groups is 1. The maximum absolute atomic E-state index is 10.6. The number of rotatable bonds is 7. The van der Waals surface area contributed by atoms with Crippen LogP contribution in [0.25, 0.3) is 6.08 Å². The van der Waals surface area contributed by atoms with Crippen LogP contribution < -0.4 is 9.47 Å². The van der Waals surface area contributed by atoms with E-state index in [0.29, 0.717) is 30.2 Å². The Morgan fingerprint density at radius 2 is 2.33 bits per heavy atom. The van der Waals surface area contributed by atoms with E-state index in [0.717, 1.165) is 6.08 Å². The SMILES string of the molecule is COc1cccc(/C=C/C(=O)O)c1OCCn1ccnc1. The van der Waals surface area contributed by atoms with Crippen LogP contribution in [0, 0.1) is 0 Å². The highest BCUT2D eigenvalue weighted by Gasteiger charge is 2.09. The molecular weight excluding hydrogens is 272 g/mol. The zero-order chi connectivity index (χ0) is 15.1. The summed E-state index contributed by atoms with van der Waals surface area (Å²) in [4.78, 5) is 14.6. The van der Waals surface area contributed by atoms with Gasteiger partial charge in [-0.3, -0.25) is 0 Å². The van der Waals surface area contributed by atoms with Crippen molar-refractivity contribution in [3.05, 3.63) is 48.6 Å².